The third-order valence-electron chi connectivity index (χ3n) is 4.44. The molecule has 0 saturated heterocycles. The average Bonchev–Trinajstić information content (AvgIpc) is 2.71. The molecule has 3 aromatic rings. The van der Waals surface area contributed by atoms with Gasteiger partial charge in [-0.2, -0.15) is 0 Å². The highest BCUT2D eigenvalue weighted by Gasteiger charge is 2.19. The number of aromatic amines is 1. The number of nitrogens with one attached hydrogen (secondary N) is 2. The van der Waals surface area contributed by atoms with E-state index >= 15 is 0 Å². The molecule has 0 amide bonds. The van der Waals surface area contributed by atoms with Gasteiger partial charge in [-0.1, -0.05) is 29.8 Å². The normalized spacial score (nSPS) is 11.2. The minimum atomic E-state index is -4.02. The zero-order valence-electron chi connectivity index (χ0n) is 16.5. The number of nitrogens with zero attached hydrogens (tertiary/aromatic N) is 1. The Balaban J connectivity index is 1.90. The topological polar surface area (TPSA) is 110 Å². The Morgan fingerprint density at radius 1 is 1.10 bits per heavy atom. The molecule has 0 saturated carbocycles. The fourth-order valence-corrected chi connectivity index (χ4v) is 4.05. The number of anilines is 1. The number of aryl methyl sites for hydroxylation is 1. The summed E-state index contributed by atoms with van der Waals surface area (Å²) in [6.45, 7) is 1.63. The second-order valence-corrected chi connectivity index (χ2v) is 8.46. The van der Waals surface area contributed by atoms with Gasteiger partial charge < -0.3 is 9.47 Å². The van der Waals surface area contributed by atoms with E-state index in [1.165, 1.54) is 32.4 Å². The van der Waals surface area contributed by atoms with E-state index in [4.69, 9.17) is 21.1 Å². The number of halogens is 1. The standard InChI is InChI=1S/C20H20ClN3O5S/c1-12-15(10-13-6-4-5-7-16(13)21)19(25)23-20(22-12)24-30(26,27)14-8-9-17(28-2)18(11-14)29-3/h4-9,11H,10H2,1-3H3,(H2,22,23,24,25). The van der Waals surface area contributed by atoms with Crippen molar-refractivity contribution in [3.05, 3.63) is 74.7 Å². The number of rotatable bonds is 7. The summed E-state index contributed by atoms with van der Waals surface area (Å²) >= 11 is 6.17. The van der Waals surface area contributed by atoms with Crippen molar-refractivity contribution in [3.8, 4) is 11.5 Å². The van der Waals surface area contributed by atoms with Gasteiger partial charge in [-0.25, -0.2) is 18.1 Å². The number of sulfonamides is 1. The van der Waals surface area contributed by atoms with Crippen LogP contribution in [0.15, 0.2) is 52.2 Å². The molecule has 0 spiro atoms. The monoisotopic (exact) mass is 449 g/mol. The summed E-state index contributed by atoms with van der Waals surface area (Å²) in [6.07, 6.45) is 0.274. The zero-order valence-corrected chi connectivity index (χ0v) is 18.1. The molecule has 3 rings (SSSR count). The first-order valence-electron chi connectivity index (χ1n) is 8.83. The van der Waals surface area contributed by atoms with Crippen molar-refractivity contribution in [1.82, 2.24) is 9.97 Å². The van der Waals surface area contributed by atoms with Gasteiger partial charge in [0.25, 0.3) is 15.6 Å². The molecule has 0 bridgehead atoms. The molecule has 1 heterocycles. The molecule has 2 aromatic carbocycles. The van der Waals surface area contributed by atoms with Crippen LogP contribution < -0.4 is 19.8 Å². The summed E-state index contributed by atoms with van der Waals surface area (Å²) in [5, 5.41) is 0.537. The van der Waals surface area contributed by atoms with Crippen molar-refractivity contribution >= 4 is 27.6 Å². The molecule has 0 aliphatic rings. The summed E-state index contributed by atoms with van der Waals surface area (Å²) in [6, 6.07) is 11.3. The highest BCUT2D eigenvalue weighted by Crippen LogP contribution is 2.30. The molecule has 10 heteroatoms. The van der Waals surface area contributed by atoms with Gasteiger partial charge in [-0.05, 0) is 30.7 Å². The van der Waals surface area contributed by atoms with Crippen LogP contribution in [0.2, 0.25) is 5.02 Å². The van der Waals surface area contributed by atoms with E-state index in [9.17, 15) is 13.2 Å². The lowest BCUT2D eigenvalue weighted by molar-refractivity contribution is 0.354. The van der Waals surface area contributed by atoms with Crippen molar-refractivity contribution in [3.63, 3.8) is 0 Å². The van der Waals surface area contributed by atoms with Gasteiger partial charge >= 0.3 is 0 Å². The van der Waals surface area contributed by atoms with Crippen molar-refractivity contribution < 1.29 is 17.9 Å². The highest BCUT2D eigenvalue weighted by molar-refractivity contribution is 7.92. The molecule has 0 unspecified atom stereocenters. The van der Waals surface area contributed by atoms with Crippen molar-refractivity contribution in [2.24, 2.45) is 0 Å². The summed E-state index contributed by atoms with van der Waals surface area (Å²) in [5.41, 5.74) is 1.11. The quantitative estimate of drug-likeness (QED) is 0.573. The van der Waals surface area contributed by atoms with Crippen molar-refractivity contribution in [1.29, 1.82) is 0 Å². The van der Waals surface area contributed by atoms with Gasteiger partial charge in [-0.15, -0.1) is 0 Å². The van der Waals surface area contributed by atoms with Gasteiger partial charge in [0.1, 0.15) is 0 Å². The summed E-state index contributed by atoms with van der Waals surface area (Å²) in [5.74, 6) is 0.464. The lowest BCUT2D eigenvalue weighted by Crippen LogP contribution is -2.22. The molecule has 8 nitrogen and oxygen atoms in total. The van der Waals surface area contributed by atoms with Crippen molar-refractivity contribution in [2.75, 3.05) is 18.9 Å². The van der Waals surface area contributed by atoms with Gasteiger partial charge in [0, 0.05) is 23.1 Å². The molecule has 0 aliphatic heterocycles. The molecule has 1 aromatic heterocycles. The van der Waals surface area contributed by atoms with E-state index in [2.05, 4.69) is 14.7 Å². The molecule has 0 fully saturated rings. The van der Waals surface area contributed by atoms with Crippen molar-refractivity contribution in [2.45, 2.75) is 18.2 Å². The molecule has 0 atom stereocenters. The third kappa shape index (κ3) is 4.58. The molecule has 30 heavy (non-hydrogen) atoms. The van der Waals surface area contributed by atoms with Crippen LogP contribution in [-0.4, -0.2) is 32.6 Å². The summed E-state index contributed by atoms with van der Waals surface area (Å²) in [7, 11) is -1.17. The zero-order chi connectivity index (χ0) is 21.9. The fourth-order valence-electron chi connectivity index (χ4n) is 2.87. The second-order valence-electron chi connectivity index (χ2n) is 6.37. The lowest BCUT2D eigenvalue weighted by atomic mass is 10.1. The average molecular weight is 450 g/mol. The van der Waals surface area contributed by atoms with Crippen LogP contribution in [0.4, 0.5) is 5.95 Å². The Morgan fingerprint density at radius 2 is 1.80 bits per heavy atom. The van der Waals surface area contributed by atoms with Crippen LogP contribution in [0, 0.1) is 6.92 Å². The number of benzene rings is 2. The first-order chi connectivity index (χ1) is 14.2. The van der Waals surface area contributed by atoms with Crippen LogP contribution in [0.25, 0.3) is 0 Å². The van der Waals surface area contributed by atoms with Crippen LogP contribution in [0.5, 0.6) is 11.5 Å². The maximum atomic E-state index is 12.7. The maximum absolute atomic E-state index is 12.7. The summed E-state index contributed by atoms with van der Waals surface area (Å²) < 4.78 is 38.0. The number of ether oxygens (including phenoxy) is 2. The van der Waals surface area contributed by atoms with Crippen LogP contribution in [0.1, 0.15) is 16.8 Å². The third-order valence-corrected chi connectivity index (χ3v) is 6.15. The molecule has 0 aliphatic carbocycles. The number of H-pyrrole nitrogens is 1. The number of hydrogen-bond donors (Lipinski definition) is 2. The molecular weight excluding hydrogens is 430 g/mol. The Bertz CT molecular complexity index is 1240. The Labute approximate surface area is 178 Å². The smallest absolute Gasteiger partial charge is 0.264 e. The predicted molar refractivity (Wildman–Crippen MR) is 114 cm³/mol. The van der Waals surface area contributed by atoms with Gasteiger partial charge in [0.05, 0.1) is 24.8 Å². The molecule has 0 radical (unpaired) electrons. The van der Waals surface area contributed by atoms with E-state index in [1.54, 1.807) is 19.1 Å². The Hall–Kier alpha value is -3.04. The molecule has 2 N–H and O–H groups in total. The lowest BCUT2D eigenvalue weighted by Gasteiger charge is -2.12. The van der Waals surface area contributed by atoms with Crippen LogP contribution in [-0.2, 0) is 16.4 Å². The van der Waals surface area contributed by atoms with E-state index in [-0.39, 0.29) is 23.0 Å². The SMILES string of the molecule is COc1ccc(S(=O)(=O)Nc2nc(C)c(Cc3ccccc3Cl)c(=O)[nH]2)cc1OC. The maximum Gasteiger partial charge on any atom is 0.264 e. The Morgan fingerprint density at radius 3 is 2.43 bits per heavy atom. The van der Waals surface area contributed by atoms with E-state index in [0.717, 1.165) is 5.56 Å². The van der Waals surface area contributed by atoms with E-state index in [0.29, 0.717) is 22.0 Å². The van der Waals surface area contributed by atoms with Gasteiger partial charge in [0.15, 0.2) is 11.5 Å². The summed E-state index contributed by atoms with van der Waals surface area (Å²) in [4.78, 5) is 19.2. The van der Waals surface area contributed by atoms with Crippen LogP contribution in [0.3, 0.4) is 0 Å². The van der Waals surface area contributed by atoms with E-state index in [1.807, 2.05) is 12.1 Å². The number of aromatic nitrogens is 2. The van der Waals surface area contributed by atoms with Crippen LogP contribution >= 0.6 is 11.6 Å². The minimum absolute atomic E-state index is 0.0689. The van der Waals surface area contributed by atoms with E-state index < -0.39 is 15.6 Å². The Kier molecular flexibility index (Phi) is 6.33. The molecule has 158 valence electrons. The first-order valence-corrected chi connectivity index (χ1v) is 10.7. The fraction of sp³-hybridized carbons (Fsp3) is 0.200. The largest absolute Gasteiger partial charge is 0.493 e. The van der Waals surface area contributed by atoms with Gasteiger partial charge in [-0.3, -0.25) is 9.78 Å². The minimum Gasteiger partial charge on any atom is -0.493 e. The first kappa shape index (κ1) is 21.7. The van der Waals surface area contributed by atoms with Gasteiger partial charge in [0.2, 0.25) is 5.95 Å². The second kappa shape index (κ2) is 8.76. The predicted octanol–water partition coefficient (Wildman–Crippen LogP) is 3.14. The number of methoxy groups -OCH3 is 2. The molecular formula is C20H20ClN3O5S. The highest BCUT2D eigenvalue weighted by atomic mass is 35.5. The number of hydrogen-bond acceptors (Lipinski definition) is 6.